The van der Waals surface area contributed by atoms with Crippen LogP contribution in [0.4, 0.5) is 0 Å². The van der Waals surface area contributed by atoms with Crippen LogP contribution in [0.15, 0.2) is 24.3 Å². The molecule has 0 saturated heterocycles. The Kier molecular flexibility index (Phi) is 16.0. The molecule has 0 saturated carbocycles. The summed E-state index contributed by atoms with van der Waals surface area (Å²) in [6.07, 6.45) is 20.2. The van der Waals surface area contributed by atoms with Crippen molar-refractivity contribution in [2.75, 3.05) is 7.11 Å². The number of carbonyl (C=O) groups excluding carboxylic acids is 2. The summed E-state index contributed by atoms with van der Waals surface area (Å²) in [5.74, 6) is 0.446. The number of carbonyl (C=O) groups is 2. The predicted octanol–water partition coefficient (Wildman–Crippen LogP) is 8.10. The first-order valence-corrected chi connectivity index (χ1v) is 12.4. The topological polar surface area (TPSA) is 43.4 Å². The molecule has 0 atom stereocenters. The monoisotopic (exact) mass is 416 g/mol. The number of benzene rings is 1. The first-order chi connectivity index (χ1) is 14.7. The standard InChI is InChI=1S/C27H44O3/c1-3-4-5-6-7-8-9-10-11-12-13-14-15-16-17-20-24(28)23-26(29)25-21-18-19-22-27(25)30-2/h18-19,21-22H,3-17,20,23H2,1-2H3. The molecule has 1 rings (SSSR count). The van der Waals surface area contributed by atoms with E-state index < -0.39 is 0 Å². The summed E-state index contributed by atoms with van der Waals surface area (Å²) in [5.41, 5.74) is 0.504. The minimum Gasteiger partial charge on any atom is -0.496 e. The number of ketones is 2. The predicted molar refractivity (Wildman–Crippen MR) is 126 cm³/mol. The lowest BCUT2D eigenvalue weighted by Crippen LogP contribution is -2.09. The minimum absolute atomic E-state index is 0.0149. The number of rotatable bonds is 20. The van der Waals surface area contributed by atoms with Gasteiger partial charge in [0.05, 0.1) is 19.1 Å². The van der Waals surface area contributed by atoms with Crippen molar-refractivity contribution in [3.05, 3.63) is 29.8 Å². The second kappa shape index (κ2) is 18.2. The van der Waals surface area contributed by atoms with Gasteiger partial charge in [0.15, 0.2) is 5.78 Å². The maximum atomic E-state index is 12.3. The summed E-state index contributed by atoms with van der Waals surface area (Å²) in [6.45, 7) is 2.27. The molecule has 30 heavy (non-hydrogen) atoms. The lowest BCUT2D eigenvalue weighted by molar-refractivity contribution is -0.118. The molecule has 1 aromatic carbocycles. The lowest BCUT2D eigenvalue weighted by atomic mass is 10.0. The van der Waals surface area contributed by atoms with E-state index in [1.54, 1.807) is 25.3 Å². The molecule has 3 heteroatoms. The van der Waals surface area contributed by atoms with Gasteiger partial charge in [-0.3, -0.25) is 9.59 Å². The smallest absolute Gasteiger partial charge is 0.173 e. The van der Waals surface area contributed by atoms with E-state index in [-0.39, 0.29) is 18.0 Å². The molecule has 0 heterocycles. The van der Waals surface area contributed by atoms with Crippen molar-refractivity contribution < 1.29 is 14.3 Å². The molecule has 0 radical (unpaired) electrons. The Morgan fingerprint density at radius 3 is 1.67 bits per heavy atom. The van der Waals surface area contributed by atoms with Gasteiger partial charge in [0.25, 0.3) is 0 Å². The Morgan fingerprint density at radius 1 is 0.700 bits per heavy atom. The molecule has 0 aromatic heterocycles. The second-order valence-electron chi connectivity index (χ2n) is 8.54. The molecular weight excluding hydrogens is 372 g/mol. The maximum absolute atomic E-state index is 12.3. The molecule has 1 aromatic rings. The summed E-state index contributed by atoms with van der Waals surface area (Å²) in [5, 5.41) is 0. The molecule has 0 bridgehead atoms. The fourth-order valence-electron chi connectivity index (χ4n) is 3.93. The molecule has 0 unspecified atom stereocenters. The van der Waals surface area contributed by atoms with E-state index >= 15 is 0 Å². The van der Waals surface area contributed by atoms with Gasteiger partial charge in [0.2, 0.25) is 0 Å². The minimum atomic E-state index is -0.140. The van der Waals surface area contributed by atoms with Gasteiger partial charge in [-0.25, -0.2) is 0 Å². The fourth-order valence-corrected chi connectivity index (χ4v) is 3.93. The van der Waals surface area contributed by atoms with Crippen LogP contribution in [0.2, 0.25) is 0 Å². The third-order valence-corrected chi connectivity index (χ3v) is 5.82. The molecule has 170 valence electrons. The normalized spacial score (nSPS) is 10.9. The summed E-state index contributed by atoms with van der Waals surface area (Å²) < 4.78 is 5.21. The summed E-state index contributed by atoms with van der Waals surface area (Å²) in [7, 11) is 1.55. The van der Waals surface area contributed by atoms with Gasteiger partial charge in [-0.15, -0.1) is 0 Å². The van der Waals surface area contributed by atoms with Crippen molar-refractivity contribution in [2.24, 2.45) is 0 Å². The van der Waals surface area contributed by atoms with E-state index in [4.69, 9.17) is 4.74 Å². The van der Waals surface area contributed by atoms with Crippen LogP contribution in [-0.4, -0.2) is 18.7 Å². The molecule has 3 nitrogen and oxygen atoms in total. The average molecular weight is 417 g/mol. The molecule has 0 aliphatic heterocycles. The second-order valence-corrected chi connectivity index (χ2v) is 8.54. The Labute approximate surface area is 185 Å². The Balaban J connectivity index is 1.93. The zero-order valence-corrected chi connectivity index (χ0v) is 19.6. The molecule has 0 aliphatic carbocycles. The highest BCUT2D eigenvalue weighted by molar-refractivity contribution is 6.09. The van der Waals surface area contributed by atoms with Crippen LogP contribution in [0.1, 0.15) is 126 Å². The number of methoxy groups -OCH3 is 1. The van der Waals surface area contributed by atoms with Crippen LogP contribution in [0.3, 0.4) is 0 Å². The van der Waals surface area contributed by atoms with Crippen molar-refractivity contribution in [2.45, 2.75) is 116 Å². The van der Waals surface area contributed by atoms with Gasteiger partial charge >= 0.3 is 0 Å². The third-order valence-electron chi connectivity index (χ3n) is 5.82. The number of unbranched alkanes of at least 4 members (excludes halogenated alkanes) is 14. The molecule has 0 N–H and O–H groups in total. The first kappa shape index (κ1) is 26.4. The van der Waals surface area contributed by atoms with Crippen molar-refractivity contribution in [3.63, 3.8) is 0 Å². The highest BCUT2D eigenvalue weighted by Gasteiger charge is 2.15. The van der Waals surface area contributed by atoms with E-state index in [2.05, 4.69) is 6.92 Å². The number of hydrogen-bond donors (Lipinski definition) is 0. The van der Waals surface area contributed by atoms with Crippen LogP contribution in [0, 0.1) is 0 Å². The molecule has 0 amide bonds. The van der Waals surface area contributed by atoms with Crippen LogP contribution in [0.5, 0.6) is 5.75 Å². The summed E-state index contributed by atoms with van der Waals surface area (Å²) >= 11 is 0. The van der Waals surface area contributed by atoms with E-state index in [0.717, 1.165) is 12.8 Å². The van der Waals surface area contributed by atoms with Gasteiger partial charge in [0.1, 0.15) is 11.5 Å². The number of hydrogen-bond acceptors (Lipinski definition) is 3. The summed E-state index contributed by atoms with van der Waals surface area (Å²) in [4.78, 5) is 24.4. The quantitative estimate of drug-likeness (QED) is 0.122. The van der Waals surface area contributed by atoms with E-state index in [1.807, 2.05) is 6.07 Å². The molecule has 0 fully saturated rings. The Bertz CT molecular complexity index is 579. The van der Waals surface area contributed by atoms with E-state index in [0.29, 0.717) is 17.7 Å². The van der Waals surface area contributed by atoms with Crippen LogP contribution >= 0.6 is 0 Å². The van der Waals surface area contributed by atoms with Crippen molar-refractivity contribution in [1.29, 1.82) is 0 Å². The molecular formula is C27H44O3. The van der Waals surface area contributed by atoms with Gasteiger partial charge in [-0.05, 0) is 18.6 Å². The zero-order chi connectivity index (χ0) is 21.9. The van der Waals surface area contributed by atoms with Crippen LogP contribution in [0.25, 0.3) is 0 Å². The third kappa shape index (κ3) is 12.8. The highest BCUT2D eigenvalue weighted by Crippen LogP contribution is 2.20. The van der Waals surface area contributed by atoms with Gasteiger partial charge in [-0.1, -0.05) is 109 Å². The van der Waals surface area contributed by atoms with E-state index in [1.165, 1.54) is 83.5 Å². The average Bonchev–Trinajstić information content (AvgIpc) is 2.76. The molecule has 0 spiro atoms. The zero-order valence-electron chi connectivity index (χ0n) is 19.6. The van der Waals surface area contributed by atoms with Crippen LogP contribution < -0.4 is 4.74 Å². The van der Waals surface area contributed by atoms with Crippen molar-refractivity contribution in [1.82, 2.24) is 0 Å². The fraction of sp³-hybridized carbons (Fsp3) is 0.704. The van der Waals surface area contributed by atoms with Crippen molar-refractivity contribution >= 4 is 11.6 Å². The highest BCUT2D eigenvalue weighted by atomic mass is 16.5. The van der Waals surface area contributed by atoms with Crippen LogP contribution in [-0.2, 0) is 4.79 Å². The SMILES string of the molecule is CCCCCCCCCCCCCCCCCC(=O)CC(=O)c1ccccc1OC. The molecule has 0 aliphatic rings. The maximum Gasteiger partial charge on any atom is 0.173 e. The first-order valence-electron chi connectivity index (χ1n) is 12.4. The van der Waals surface area contributed by atoms with Gasteiger partial charge < -0.3 is 4.74 Å². The number of Topliss-reactive ketones (excluding diaryl/α,β-unsaturated/α-hetero) is 2. The van der Waals surface area contributed by atoms with Crippen molar-refractivity contribution in [3.8, 4) is 5.75 Å². The largest absolute Gasteiger partial charge is 0.496 e. The number of ether oxygens (including phenoxy) is 1. The summed E-state index contributed by atoms with van der Waals surface area (Å²) in [6, 6.07) is 7.11. The Hall–Kier alpha value is -1.64. The lowest BCUT2D eigenvalue weighted by Gasteiger charge is -2.07. The van der Waals surface area contributed by atoms with Gasteiger partial charge in [0, 0.05) is 6.42 Å². The number of para-hydroxylation sites is 1. The Morgan fingerprint density at radius 2 is 1.17 bits per heavy atom. The van der Waals surface area contributed by atoms with Gasteiger partial charge in [-0.2, -0.15) is 0 Å². The van der Waals surface area contributed by atoms with E-state index in [9.17, 15) is 9.59 Å².